The van der Waals surface area contributed by atoms with E-state index in [2.05, 4.69) is 36.2 Å². The second-order valence-electron chi connectivity index (χ2n) is 3.89. The van der Waals surface area contributed by atoms with Gasteiger partial charge < -0.3 is 15.2 Å². The summed E-state index contributed by atoms with van der Waals surface area (Å²) in [4.78, 5) is 5.27. The summed E-state index contributed by atoms with van der Waals surface area (Å²) in [6, 6.07) is 2.42. The van der Waals surface area contributed by atoms with E-state index in [0.29, 0.717) is 6.04 Å². The smallest absolute Gasteiger partial charge is 0.0583 e. The SMILES string of the molecule is CC(CN(C)C)NCc1cc(Cl)c[nH]1. The van der Waals surface area contributed by atoms with Crippen LogP contribution in [0.15, 0.2) is 12.3 Å². The van der Waals surface area contributed by atoms with Gasteiger partial charge in [-0.2, -0.15) is 0 Å². The van der Waals surface area contributed by atoms with Gasteiger partial charge in [-0.15, -0.1) is 0 Å². The molecule has 1 heterocycles. The van der Waals surface area contributed by atoms with Gasteiger partial charge in [-0.05, 0) is 27.1 Å². The maximum Gasteiger partial charge on any atom is 0.0583 e. The lowest BCUT2D eigenvalue weighted by molar-refractivity contribution is 0.348. The van der Waals surface area contributed by atoms with Gasteiger partial charge in [0.05, 0.1) is 5.02 Å². The van der Waals surface area contributed by atoms with Gasteiger partial charge in [0.2, 0.25) is 0 Å². The van der Waals surface area contributed by atoms with E-state index in [-0.39, 0.29) is 0 Å². The average Bonchev–Trinajstić information content (AvgIpc) is 2.47. The van der Waals surface area contributed by atoms with Crippen LogP contribution in [0, 0.1) is 0 Å². The number of hydrogen-bond donors (Lipinski definition) is 2. The molecule has 0 aliphatic carbocycles. The maximum atomic E-state index is 5.79. The highest BCUT2D eigenvalue weighted by Gasteiger charge is 2.03. The molecule has 0 aliphatic rings. The van der Waals surface area contributed by atoms with Crippen LogP contribution in [0.4, 0.5) is 0 Å². The second-order valence-corrected chi connectivity index (χ2v) is 4.32. The summed E-state index contributed by atoms with van der Waals surface area (Å²) in [6.07, 6.45) is 1.80. The normalized spacial score (nSPS) is 13.5. The topological polar surface area (TPSA) is 31.1 Å². The van der Waals surface area contributed by atoms with E-state index in [1.54, 1.807) is 6.20 Å². The summed E-state index contributed by atoms with van der Waals surface area (Å²) in [5, 5.41) is 4.18. The maximum absolute atomic E-state index is 5.79. The van der Waals surface area contributed by atoms with E-state index in [0.717, 1.165) is 23.8 Å². The molecule has 0 radical (unpaired) electrons. The van der Waals surface area contributed by atoms with Crippen molar-refractivity contribution in [3.63, 3.8) is 0 Å². The number of hydrogen-bond acceptors (Lipinski definition) is 2. The highest BCUT2D eigenvalue weighted by atomic mass is 35.5. The molecule has 80 valence electrons. The molecule has 0 bridgehead atoms. The molecule has 2 N–H and O–H groups in total. The second kappa shape index (κ2) is 5.39. The molecule has 1 aromatic heterocycles. The molecule has 1 rings (SSSR count). The van der Waals surface area contributed by atoms with Crippen molar-refractivity contribution in [2.24, 2.45) is 0 Å². The van der Waals surface area contributed by atoms with Crippen LogP contribution in [-0.2, 0) is 6.54 Å². The van der Waals surface area contributed by atoms with Crippen LogP contribution in [0.5, 0.6) is 0 Å². The predicted octanol–water partition coefficient (Wildman–Crippen LogP) is 1.71. The molecular weight excluding hydrogens is 198 g/mol. The minimum Gasteiger partial charge on any atom is -0.363 e. The zero-order chi connectivity index (χ0) is 10.6. The molecule has 1 atom stereocenters. The Morgan fingerprint density at radius 2 is 2.29 bits per heavy atom. The summed E-state index contributed by atoms with van der Waals surface area (Å²) in [7, 11) is 4.15. The van der Waals surface area contributed by atoms with Crippen molar-refractivity contribution in [2.45, 2.75) is 19.5 Å². The molecule has 0 fully saturated rings. The Morgan fingerprint density at radius 3 is 2.79 bits per heavy atom. The Labute approximate surface area is 90.4 Å². The molecule has 0 aromatic carbocycles. The predicted molar refractivity (Wildman–Crippen MR) is 60.7 cm³/mol. The lowest BCUT2D eigenvalue weighted by Crippen LogP contribution is -2.35. The van der Waals surface area contributed by atoms with Gasteiger partial charge in [0, 0.05) is 31.0 Å². The first-order valence-corrected chi connectivity index (χ1v) is 5.16. The molecule has 0 saturated heterocycles. The van der Waals surface area contributed by atoms with Crippen LogP contribution in [0.2, 0.25) is 5.02 Å². The van der Waals surface area contributed by atoms with Crippen LogP contribution in [0.3, 0.4) is 0 Å². The fourth-order valence-corrected chi connectivity index (χ4v) is 1.60. The lowest BCUT2D eigenvalue weighted by Gasteiger charge is -2.17. The summed E-state index contributed by atoms with van der Waals surface area (Å²) in [5.41, 5.74) is 1.13. The number of likely N-dealkylation sites (N-methyl/N-ethyl adjacent to an activating group) is 1. The van der Waals surface area contributed by atoms with Crippen molar-refractivity contribution < 1.29 is 0 Å². The summed E-state index contributed by atoms with van der Waals surface area (Å²) >= 11 is 5.79. The van der Waals surface area contributed by atoms with Gasteiger partial charge in [-0.3, -0.25) is 0 Å². The molecular formula is C10H18ClN3. The lowest BCUT2D eigenvalue weighted by atomic mass is 10.3. The molecule has 0 aliphatic heterocycles. The number of rotatable bonds is 5. The van der Waals surface area contributed by atoms with E-state index in [9.17, 15) is 0 Å². The Kier molecular flexibility index (Phi) is 4.45. The molecule has 1 unspecified atom stereocenters. The quantitative estimate of drug-likeness (QED) is 0.784. The van der Waals surface area contributed by atoms with Crippen molar-refractivity contribution in [2.75, 3.05) is 20.6 Å². The standard InChI is InChI=1S/C10H18ClN3/c1-8(7-14(2)3)12-6-10-4-9(11)5-13-10/h4-5,8,12-13H,6-7H2,1-3H3. The first kappa shape index (κ1) is 11.6. The zero-order valence-corrected chi connectivity index (χ0v) is 9.73. The van der Waals surface area contributed by atoms with Crippen LogP contribution >= 0.6 is 11.6 Å². The van der Waals surface area contributed by atoms with Crippen LogP contribution in [0.25, 0.3) is 0 Å². The van der Waals surface area contributed by atoms with Crippen molar-refractivity contribution in [1.29, 1.82) is 0 Å². The highest BCUT2D eigenvalue weighted by Crippen LogP contribution is 2.08. The van der Waals surface area contributed by atoms with Crippen molar-refractivity contribution in [1.82, 2.24) is 15.2 Å². The van der Waals surface area contributed by atoms with Gasteiger partial charge in [0.1, 0.15) is 0 Å². The van der Waals surface area contributed by atoms with Crippen LogP contribution in [-0.4, -0.2) is 36.6 Å². The molecule has 0 spiro atoms. The Hall–Kier alpha value is -0.510. The summed E-state index contributed by atoms with van der Waals surface area (Å²) < 4.78 is 0. The van der Waals surface area contributed by atoms with E-state index in [1.807, 2.05) is 6.07 Å². The largest absolute Gasteiger partial charge is 0.363 e. The number of halogens is 1. The number of aromatic nitrogens is 1. The Balaban J connectivity index is 2.26. The van der Waals surface area contributed by atoms with Gasteiger partial charge >= 0.3 is 0 Å². The molecule has 0 saturated carbocycles. The van der Waals surface area contributed by atoms with Gasteiger partial charge in [0.25, 0.3) is 0 Å². The Bertz CT molecular complexity index is 270. The molecule has 1 aromatic rings. The third-order valence-corrected chi connectivity index (χ3v) is 2.21. The van der Waals surface area contributed by atoms with E-state index in [1.165, 1.54) is 0 Å². The third kappa shape index (κ3) is 4.13. The minimum absolute atomic E-state index is 0.479. The minimum atomic E-state index is 0.479. The summed E-state index contributed by atoms with van der Waals surface area (Å²) in [5.74, 6) is 0. The van der Waals surface area contributed by atoms with Crippen molar-refractivity contribution in [3.8, 4) is 0 Å². The van der Waals surface area contributed by atoms with Gasteiger partial charge in [-0.1, -0.05) is 11.6 Å². The van der Waals surface area contributed by atoms with Gasteiger partial charge in [0.15, 0.2) is 0 Å². The number of H-pyrrole nitrogens is 1. The van der Waals surface area contributed by atoms with Crippen LogP contribution < -0.4 is 5.32 Å². The average molecular weight is 216 g/mol. The summed E-state index contributed by atoms with van der Waals surface area (Å²) in [6.45, 7) is 4.04. The highest BCUT2D eigenvalue weighted by molar-refractivity contribution is 6.30. The molecule has 14 heavy (non-hydrogen) atoms. The number of nitrogens with one attached hydrogen (secondary N) is 2. The fraction of sp³-hybridized carbons (Fsp3) is 0.600. The first-order chi connectivity index (χ1) is 6.58. The molecule has 3 nitrogen and oxygen atoms in total. The van der Waals surface area contributed by atoms with Crippen molar-refractivity contribution in [3.05, 3.63) is 23.0 Å². The zero-order valence-electron chi connectivity index (χ0n) is 8.97. The third-order valence-electron chi connectivity index (χ3n) is 1.99. The number of nitrogens with zero attached hydrogens (tertiary/aromatic N) is 1. The molecule has 0 amide bonds. The first-order valence-electron chi connectivity index (χ1n) is 4.79. The van der Waals surface area contributed by atoms with E-state index in [4.69, 9.17) is 11.6 Å². The Morgan fingerprint density at radius 1 is 1.57 bits per heavy atom. The van der Waals surface area contributed by atoms with Gasteiger partial charge in [-0.25, -0.2) is 0 Å². The molecule has 4 heteroatoms. The van der Waals surface area contributed by atoms with Crippen molar-refractivity contribution >= 4 is 11.6 Å². The van der Waals surface area contributed by atoms with E-state index >= 15 is 0 Å². The van der Waals surface area contributed by atoms with E-state index < -0.39 is 0 Å². The van der Waals surface area contributed by atoms with Crippen LogP contribution in [0.1, 0.15) is 12.6 Å². The monoisotopic (exact) mass is 215 g/mol. The number of aromatic amines is 1. The fourth-order valence-electron chi connectivity index (χ4n) is 1.41.